The third kappa shape index (κ3) is 2.46. The Hall–Kier alpha value is -1.03. The third-order valence-electron chi connectivity index (χ3n) is 4.51. The summed E-state index contributed by atoms with van der Waals surface area (Å²) in [6.07, 6.45) is 5.81. The maximum Gasteiger partial charge on any atom is 0.314 e. The first-order valence-electron chi connectivity index (χ1n) is 7.29. The number of rotatable bonds is 5. The fourth-order valence-electron chi connectivity index (χ4n) is 3.10. The maximum absolute atomic E-state index is 11.9. The second kappa shape index (κ2) is 5.40. The van der Waals surface area contributed by atoms with Gasteiger partial charge >= 0.3 is 5.97 Å². The van der Waals surface area contributed by atoms with E-state index in [0.717, 1.165) is 28.6 Å². The Kier molecular flexibility index (Phi) is 3.76. The van der Waals surface area contributed by atoms with Gasteiger partial charge in [-0.15, -0.1) is 0 Å². The van der Waals surface area contributed by atoms with Crippen LogP contribution in [-0.4, -0.2) is 17.7 Å². The fourth-order valence-corrected chi connectivity index (χ4v) is 3.58. The van der Waals surface area contributed by atoms with Crippen LogP contribution in [0.4, 0.5) is 0 Å². The van der Waals surface area contributed by atoms with Gasteiger partial charge in [0.25, 0.3) is 0 Å². The molecule has 0 bridgehead atoms. The van der Waals surface area contributed by atoms with Gasteiger partial charge < -0.3 is 9.84 Å². The van der Waals surface area contributed by atoms with Gasteiger partial charge in [-0.1, -0.05) is 25.0 Å². The predicted molar refractivity (Wildman–Crippen MR) is 80.1 cm³/mol. The second-order valence-corrected chi connectivity index (χ2v) is 6.82. The lowest BCUT2D eigenvalue weighted by Gasteiger charge is -2.27. The van der Waals surface area contributed by atoms with E-state index in [1.54, 1.807) is 0 Å². The highest BCUT2D eigenvalue weighted by molar-refractivity contribution is 9.10. The van der Waals surface area contributed by atoms with Gasteiger partial charge in [-0.3, -0.25) is 4.79 Å². The zero-order valence-electron chi connectivity index (χ0n) is 11.4. The molecule has 0 unspecified atom stereocenters. The molecule has 1 aromatic carbocycles. The Bertz CT molecular complexity index is 516. The Morgan fingerprint density at radius 2 is 2.05 bits per heavy atom. The number of para-hydroxylation sites is 1. The molecule has 0 radical (unpaired) electrons. The lowest BCUT2D eigenvalue weighted by Crippen LogP contribution is -2.33. The largest absolute Gasteiger partial charge is 0.492 e. The smallest absolute Gasteiger partial charge is 0.314 e. The minimum absolute atomic E-state index is 0.652. The average Bonchev–Trinajstić information content (AvgIpc) is 3.11. The van der Waals surface area contributed by atoms with E-state index in [1.807, 2.05) is 18.2 Å². The molecule has 0 aromatic heterocycles. The van der Waals surface area contributed by atoms with Crippen LogP contribution in [-0.2, 0) is 10.2 Å². The van der Waals surface area contributed by atoms with Crippen LogP contribution >= 0.6 is 15.9 Å². The van der Waals surface area contributed by atoms with E-state index >= 15 is 0 Å². The van der Waals surface area contributed by atoms with E-state index in [4.69, 9.17) is 4.74 Å². The molecule has 0 spiro atoms. The normalized spacial score (nSPS) is 20.9. The van der Waals surface area contributed by atoms with Crippen LogP contribution in [0, 0.1) is 5.92 Å². The zero-order chi connectivity index (χ0) is 14.2. The molecule has 0 heterocycles. The first kappa shape index (κ1) is 13.9. The maximum atomic E-state index is 11.9. The number of carbonyl (C=O) groups is 1. The first-order valence-corrected chi connectivity index (χ1v) is 8.08. The average molecular weight is 339 g/mol. The number of aliphatic carboxylic acids is 1. The van der Waals surface area contributed by atoms with Crippen molar-refractivity contribution in [1.29, 1.82) is 0 Å². The highest BCUT2D eigenvalue weighted by atomic mass is 79.9. The van der Waals surface area contributed by atoms with Gasteiger partial charge in [0.2, 0.25) is 0 Å². The van der Waals surface area contributed by atoms with Crippen LogP contribution < -0.4 is 4.74 Å². The van der Waals surface area contributed by atoms with Crippen LogP contribution in [0.3, 0.4) is 0 Å². The summed E-state index contributed by atoms with van der Waals surface area (Å²) in [5.41, 5.74) is 0.0837. The molecule has 2 saturated carbocycles. The predicted octanol–water partition coefficient (Wildman–Crippen LogP) is 4.13. The summed E-state index contributed by atoms with van der Waals surface area (Å²) in [6, 6.07) is 5.76. The van der Waals surface area contributed by atoms with Crippen molar-refractivity contribution in [2.45, 2.75) is 43.9 Å². The highest BCUT2D eigenvalue weighted by Crippen LogP contribution is 2.47. The van der Waals surface area contributed by atoms with Gasteiger partial charge in [-0.05, 0) is 53.6 Å². The fraction of sp³-hybridized carbons (Fsp3) is 0.562. The lowest BCUT2D eigenvalue weighted by atomic mass is 9.78. The zero-order valence-corrected chi connectivity index (χ0v) is 13.0. The van der Waals surface area contributed by atoms with E-state index in [1.165, 1.54) is 12.8 Å². The van der Waals surface area contributed by atoms with Gasteiger partial charge in [0, 0.05) is 5.56 Å². The number of ether oxygens (including phenoxy) is 1. The molecule has 2 aliphatic carbocycles. The van der Waals surface area contributed by atoms with Gasteiger partial charge in [0.05, 0.1) is 16.5 Å². The molecule has 0 atom stereocenters. The number of benzene rings is 1. The molecule has 4 heteroatoms. The Balaban J connectivity index is 1.97. The van der Waals surface area contributed by atoms with Crippen LogP contribution in [0.2, 0.25) is 0 Å². The third-order valence-corrected chi connectivity index (χ3v) is 5.13. The lowest BCUT2D eigenvalue weighted by molar-refractivity contribution is -0.143. The van der Waals surface area contributed by atoms with Crippen molar-refractivity contribution in [3.63, 3.8) is 0 Å². The summed E-state index contributed by atoms with van der Waals surface area (Å²) in [6.45, 7) is 0.700. The van der Waals surface area contributed by atoms with E-state index < -0.39 is 11.4 Å². The quantitative estimate of drug-likeness (QED) is 0.877. The summed E-state index contributed by atoms with van der Waals surface area (Å²) in [7, 11) is 0. The van der Waals surface area contributed by atoms with Gasteiger partial charge in [0.15, 0.2) is 0 Å². The molecule has 0 saturated heterocycles. The minimum atomic E-state index is -0.761. The second-order valence-electron chi connectivity index (χ2n) is 5.97. The summed E-state index contributed by atoms with van der Waals surface area (Å²) in [4.78, 5) is 11.9. The topological polar surface area (TPSA) is 46.5 Å². The SMILES string of the molecule is O=C(O)C1(c2cccc(Br)c2OCC2CC2)CCCC1. The van der Waals surface area contributed by atoms with Crippen molar-refractivity contribution in [2.24, 2.45) is 5.92 Å². The van der Waals surface area contributed by atoms with Gasteiger partial charge in [-0.2, -0.15) is 0 Å². The summed E-state index contributed by atoms with van der Waals surface area (Å²) >= 11 is 3.52. The van der Waals surface area contributed by atoms with E-state index in [0.29, 0.717) is 25.4 Å². The Labute approximate surface area is 127 Å². The molecule has 1 N–H and O–H groups in total. The molecule has 2 fully saturated rings. The summed E-state index contributed by atoms with van der Waals surface area (Å²) in [5, 5.41) is 9.75. The molecule has 1 aromatic rings. The Morgan fingerprint density at radius 1 is 1.35 bits per heavy atom. The summed E-state index contributed by atoms with van der Waals surface area (Å²) in [5.74, 6) is 0.674. The van der Waals surface area contributed by atoms with Gasteiger partial charge in [0.1, 0.15) is 5.75 Å². The molecule has 0 amide bonds. The molecule has 3 rings (SSSR count). The Morgan fingerprint density at radius 3 is 2.65 bits per heavy atom. The molecule has 0 aliphatic heterocycles. The molecule has 2 aliphatic rings. The van der Waals surface area contributed by atoms with E-state index in [9.17, 15) is 9.90 Å². The molecular formula is C16H19BrO3. The van der Waals surface area contributed by atoms with Crippen LogP contribution in [0.5, 0.6) is 5.75 Å². The van der Waals surface area contributed by atoms with Crippen LogP contribution in [0.25, 0.3) is 0 Å². The monoisotopic (exact) mass is 338 g/mol. The van der Waals surface area contributed by atoms with Crippen LogP contribution in [0.1, 0.15) is 44.1 Å². The standard InChI is InChI=1S/C16H19BrO3/c17-13-5-3-4-12(14(13)20-10-11-6-7-11)16(15(18)19)8-1-2-9-16/h3-5,11H,1-2,6-10H2,(H,18,19). The van der Waals surface area contributed by atoms with Gasteiger partial charge in [-0.25, -0.2) is 0 Å². The number of hydrogen-bond acceptors (Lipinski definition) is 2. The number of halogens is 1. The highest BCUT2D eigenvalue weighted by Gasteiger charge is 2.45. The van der Waals surface area contributed by atoms with Crippen molar-refractivity contribution < 1.29 is 14.6 Å². The van der Waals surface area contributed by atoms with Crippen molar-refractivity contribution in [3.05, 3.63) is 28.2 Å². The van der Waals surface area contributed by atoms with Crippen molar-refractivity contribution in [1.82, 2.24) is 0 Å². The number of carboxylic acid groups (broad SMARTS) is 1. The van der Waals surface area contributed by atoms with E-state index in [-0.39, 0.29) is 0 Å². The van der Waals surface area contributed by atoms with Crippen molar-refractivity contribution in [2.75, 3.05) is 6.61 Å². The van der Waals surface area contributed by atoms with Crippen molar-refractivity contribution in [3.8, 4) is 5.75 Å². The number of hydrogen-bond donors (Lipinski definition) is 1. The van der Waals surface area contributed by atoms with Crippen LogP contribution in [0.15, 0.2) is 22.7 Å². The first-order chi connectivity index (χ1) is 9.63. The molecular weight excluding hydrogens is 320 g/mol. The minimum Gasteiger partial charge on any atom is -0.492 e. The van der Waals surface area contributed by atoms with Crippen molar-refractivity contribution >= 4 is 21.9 Å². The molecule has 108 valence electrons. The van der Waals surface area contributed by atoms with E-state index in [2.05, 4.69) is 15.9 Å². The number of carboxylic acids is 1. The molecule has 20 heavy (non-hydrogen) atoms. The molecule has 3 nitrogen and oxygen atoms in total. The summed E-state index contributed by atoms with van der Waals surface area (Å²) < 4.78 is 6.83.